The average Bonchev–Trinajstić information content (AvgIpc) is 2.92. The molecule has 0 spiro atoms. The number of aromatic amines is 1. The number of nitrogens with zero attached hydrogens (tertiary/aromatic N) is 1. The summed E-state index contributed by atoms with van der Waals surface area (Å²) in [4.78, 5) is 7.43. The Kier molecular flexibility index (Phi) is 9.42. The van der Waals surface area contributed by atoms with Crippen molar-refractivity contribution in [3.8, 4) is 0 Å². The van der Waals surface area contributed by atoms with Crippen LogP contribution in [-0.4, -0.2) is 22.6 Å². The van der Waals surface area contributed by atoms with Crippen molar-refractivity contribution < 1.29 is 0 Å². The molecule has 19 heavy (non-hydrogen) atoms. The monoisotopic (exact) mass is 265 g/mol. The largest absolute Gasteiger partial charge is 0.349 e. The van der Waals surface area contributed by atoms with Gasteiger partial charge < -0.3 is 10.3 Å². The van der Waals surface area contributed by atoms with E-state index in [0.717, 1.165) is 18.8 Å². The minimum Gasteiger partial charge on any atom is -0.349 e. The van der Waals surface area contributed by atoms with Crippen LogP contribution in [0.4, 0.5) is 0 Å². The quantitative estimate of drug-likeness (QED) is 0.559. The van der Waals surface area contributed by atoms with Gasteiger partial charge in [-0.05, 0) is 12.8 Å². The fraction of sp³-hybridized carbons (Fsp3) is 0.812. The van der Waals surface area contributed by atoms with E-state index in [-0.39, 0.29) is 0 Å². The predicted octanol–water partition coefficient (Wildman–Crippen LogP) is 4.07. The van der Waals surface area contributed by atoms with Crippen LogP contribution in [0.3, 0.4) is 0 Å². The lowest BCUT2D eigenvalue weighted by Crippen LogP contribution is -2.31. The molecule has 0 aromatic carbocycles. The van der Waals surface area contributed by atoms with E-state index in [1.165, 1.54) is 51.4 Å². The predicted molar refractivity (Wildman–Crippen MR) is 82.4 cm³/mol. The summed E-state index contributed by atoms with van der Waals surface area (Å²) < 4.78 is 0. The zero-order valence-corrected chi connectivity index (χ0v) is 12.8. The third-order valence-electron chi connectivity index (χ3n) is 3.66. The molecule has 1 aromatic rings. The smallest absolute Gasteiger partial charge is 0.107 e. The lowest BCUT2D eigenvalue weighted by Gasteiger charge is -2.18. The molecule has 0 atom stereocenters. The molecule has 110 valence electrons. The van der Waals surface area contributed by atoms with Gasteiger partial charge in [-0.3, -0.25) is 0 Å². The zero-order chi connectivity index (χ0) is 13.8. The highest BCUT2D eigenvalue weighted by Gasteiger charge is 2.07. The van der Waals surface area contributed by atoms with Crippen molar-refractivity contribution in [2.75, 3.05) is 6.54 Å². The number of rotatable bonds is 12. The maximum Gasteiger partial charge on any atom is 0.107 e. The van der Waals surface area contributed by atoms with Crippen molar-refractivity contribution >= 4 is 0 Å². The second-order valence-electron chi connectivity index (χ2n) is 5.43. The molecule has 3 heteroatoms. The van der Waals surface area contributed by atoms with E-state index in [4.69, 9.17) is 0 Å². The third-order valence-corrected chi connectivity index (χ3v) is 3.66. The fourth-order valence-electron chi connectivity index (χ4n) is 2.46. The maximum atomic E-state index is 4.27. The number of aromatic nitrogens is 2. The number of hydrogen-bond donors (Lipinski definition) is 2. The molecule has 0 unspecified atom stereocenters. The van der Waals surface area contributed by atoms with E-state index >= 15 is 0 Å². The number of H-pyrrole nitrogens is 1. The van der Waals surface area contributed by atoms with Crippen molar-refractivity contribution in [2.45, 2.75) is 77.7 Å². The minimum absolute atomic E-state index is 0.702. The van der Waals surface area contributed by atoms with Crippen LogP contribution in [0.1, 0.15) is 71.0 Å². The van der Waals surface area contributed by atoms with Gasteiger partial charge in [-0.1, -0.05) is 52.4 Å². The van der Waals surface area contributed by atoms with Gasteiger partial charge in [-0.25, -0.2) is 4.98 Å². The highest BCUT2D eigenvalue weighted by Crippen LogP contribution is 2.11. The molecule has 0 bridgehead atoms. The molecule has 0 saturated heterocycles. The molecule has 1 aromatic heterocycles. The normalized spacial score (nSPS) is 11.3. The Labute approximate surface area is 118 Å². The summed E-state index contributed by atoms with van der Waals surface area (Å²) in [5.41, 5.74) is 0. The zero-order valence-electron chi connectivity index (χ0n) is 12.8. The molecular weight excluding hydrogens is 234 g/mol. The molecule has 0 saturated carbocycles. The Morgan fingerprint density at radius 1 is 1.11 bits per heavy atom. The summed E-state index contributed by atoms with van der Waals surface area (Å²) in [5, 5.41) is 3.72. The molecule has 3 nitrogen and oxygen atoms in total. The fourth-order valence-corrected chi connectivity index (χ4v) is 2.46. The lowest BCUT2D eigenvalue weighted by atomic mass is 10.0. The van der Waals surface area contributed by atoms with Gasteiger partial charge in [0.15, 0.2) is 0 Å². The first-order valence-corrected chi connectivity index (χ1v) is 8.08. The first kappa shape index (κ1) is 16.2. The van der Waals surface area contributed by atoms with Crippen LogP contribution in [0.15, 0.2) is 12.4 Å². The van der Waals surface area contributed by atoms with E-state index in [0.29, 0.717) is 6.04 Å². The van der Waals surface area contributed by atoms with Crippen LogP contribution in [0.2, 0.25) is 0 Å². The van der Waals surface area contributed by atoms with Crippen molar-refractivity contribution in [1.82, 2.24) is 15.3 Å². The number of imidazole rings is 1. The second kappa shape index (κ2) is 11.0. The van der Waals surface area contributed by atoms with Crippen molar-refractivity contribution in [2.24, 2.45) is 0 Å². The van der Waals surface area contributed by atoms with Crippen molar-refractivity contribution in [1.29, 1.82) is 0 Å². The summed E-state index contributed by atoms with van der Waals surface area (Å²) in [7, 11) is 0. The van der Waals surface area contributed by atoms with E-state index in [1.807, 2.05) is 12.4 Å². The Hall–Kier alpha value is -0.830. The molecule has 0 fully saturated rings. The first-order chi connectivity index (χ1) is 9.36. The minimum atomic E-state index is 0.702. The van der Waals surface area contributed by atoms with Crippen LogP contribution in [-0.2, 0) is 6.42 Å². The Morgan fingerprint density at radius 2 is 1.79 bits per heavy atom. The Morgan fingerprint density at radius 3 is 2.32 bits per heavy atom. The van der Waals surface area contributed by atoms with Crippen LogP contribution < -0.4 is 5.32 Å². The molecule has 0 aliphatic heterocycles. The van der Waals surface area contributed by atoms with Gasteiger partial charge in [0.25, 0.3) is 0 Å². The number of nitrogens with one attached hydrogen (secondary N) is 2. The van der Waals surface area contributed by atoms with Crippen LogP contribution in [0.5, 0.6) is 0 Å². The molecule has 0 aliphatic rings. The Bertz CT molecular complexity index is 272. The highest BCUT2D eigenvalue weighted by atomic mass is 14.9. The highest BCUT2D eigenvalue weighted by molar-refractivity contribution is 4.87. The number of hydrogen-bond acceptors (Lipinski definition) is 2. The standard InChI is InChI=1S/C16H31N3/c1-3-5-7-9-15(10-8-6-4-2)17-12-11-16-18-13-14-19-16/h13-15,17H,3-12H2,1-2H3,(H,18,19). The Balaban J connectivity index is 2.18. The van der Waals surface area contributed by atoms with Crippen molar-refractivity contribution in [3.05, 3.63) is 18.2 Å². The number of unbranched alkanes of at least 4 members (excludes halogenated alkanes) is 4. The van der Waals surface area contributed by atoms with Gasteiger partial charge in [0.2, 0.25) is 0 Å². The van der Waals surface area contributed by atoms with Gasteiger partial charge in [0.1, 0.15) is 5.82 Å². The maximum absolute atomic E-state index is 4.27. The average molecular weight is 265 g/mol. The third kappa shape index (κ3) is 8.04. The summed E-state index contributed by atoms with van der Waals surface area (Å²) in [6.45, 7) is 5.59. The summed E-state index contributed by atoms with van der Waals surface area (Å²) in [6.07, 6.45) is 15.5. The van der Waals surface area contributed by atoms with Gasteiger partial charge in [-0.2, -0.15) is 0 Å². The van der Waals surface area contributed by atoms with Gasteiger partial charge in [-0.15, -0.1) is 0 Å². The van der Waals surface area contributed by atoms with E-state index in [1.54, 1.807) is 0 Å². The summed E-state index contributed by atoms with van der Waals surface area (Å²) in [6, 6.07) is 0.702. The SMILES string of the molecule is CCCCCC(CCCCC)NCCc1ncc[nH]1. The summed E-state index contributed by atoms with van der Waals surface area (Å²) in [5.74, 6) is 1.09. The molecule has 0 aliphatic carbocycles. The van der Waals surface area contributed by atoms with Gasteiger partial charge in [0, 0.05) is 31.4 Å². The molecular formula is C16H31N3. The molecule has 0 radical (unpaired) electrons. The molecule has 0 amide bonds. The topological polar surface area (TPSA) is 40.7 Å². The van der Waals surface area contributed by atoms with Gasteiger partial charge in [0.05, 0.1) is 0 Å². The van der Waals surface area contributed by atoms with Gasteiger partial charge >= 0.3 is 0 Å². The molecule has 1 rings (SSSR count). The van der Waals surface area contributed by atoms with Crippen molar-refractivity contribution in [3.63, 3.8) is 0 Å². The van der Waals surface area contributed by atoms with E-state index in [2.05, 4.69) is 29.1 Å². The van der Waals surface area contributed by atoms with E-state index in [9.17, 15) is 0 Å². The molecule has 2 N–H and O–H groups in total. The summed E-state index contributed by atoms with van der Waals surface area (Å²) >= 11 is 0. The second-order valence-corrected chi connectivity index (χ2v) is 5.43. The first-order valence-electron chi connectivity index (χ1n) is 8.08. The molecule has 1 heterocycles. The van der Waals surface area contributed by atoms with Crippen LogP contribution in [0.25, 0.3) is 0 Å². The lowest BCUT2D eigenvalue weighted by molar-refractivity contribution is 0.420. The van der Waals surface area contributed by atoms with E-state index < -0.39 is 0 Å². The van der Waals surface area contributed by atoms with Crippen LogP contribution >= 0.6 is 0 Å². The van der Waals surface area contributed by atoms with Crippen LogP contribution in [0, 0.1) is 0 Å².